The van der Waals surface area contributed by atoms with Crippen molar-refractivity contribution >= 4 is 17.8 Å². The fourth-order valence-corrected chi connectivity index (χ4v) is 2.35. The number of hydrogen-bond donors (Lipinski definition) is 2. The number of aromatic hydroxyl groups is 1. The van der Waals surface area contributed by atoms with Crippen LogP contribution in [0.5, 0.6) is 11.5 Å². The Bertz CT molecular complexity index is 851. The van der Waals surface area contributed by atoms with Gasteiger partial charge in [0.1, 0.15) is 11.5 Å². The Hall–Kier alpha value is -3.42. The Morgan fingerprint density at radius 1 is 1.37 bits per heavy atom. The lowest BCUT2D eigenvalue weighted by Gasteiger charge is -2.15. The van der Waals surface area contributed by atoms with Crippen LogP contribution in [-0.4, -0.2) is 28.8 Å². The van der Waals surface area contributed by atoms with Crippen molar-refractivity contribution in [2.75, 3.05) is 6.61 Å². The number of para-hydroxylation sites is 1. The maximum Gasteiger partial charge on any atom is 0.277 e. The van der Waals surface area contributed by atoms with Crippen LogP contribution in [0.25, 0.3) is 0 Å². The van der Waals surface area contributed by atoms with E-state index in [-0.39, 0.29) is 23.6 Å². The van der Waals surface area contributed by atoms with E-state index in [0.29, 0.717) is 11.7 Å². The number of nitro groups is 1. The van der Waals surface area contributed by atoms with Gasteiger partial charge in [-0.2, -0.15) is 5.10 Å². The molecule has 0 aliphatic carbocycles. The highest BCUT2D eigenvalue weighted by molar-refractivity contribution is 5.86. The van der Waals surface area contributed by atoms with Crippen LogP contribution in [0.1, 0.15) is 37.3 Å². The van der Waals surface area contributed by atoms with Crippen molar-refractivity contribution in [1.29, 1.82) is 0 Å². The lowest BCUT2D eigenvalue weighted by atomic mass is 9.98. The third kappa shape index (κ3) is 5.53. The van der Waals surface area contributed by atoms with Crippen LogP contribution in [0.2, 0.25) is 0 Å². The van der Waals surface area contributed by atoms with Gasteiger partial charge in [0.2, 0.25) is 0 Å². The number of hydrogen-bond acceptors (Lipinski definition) is 6. The molecule has 2 rings (SSSR count). The second kappa shape index (κ2) is 9.33. The van der Waals surface area contributed by atoms with Gasteiger partial charge in [-0.05, 0) is 30.0 Å². The molecule has 2 aromatic rings. The normalized spacial score (nSPS) is 11.9. The summed E-state index contributed by atoms with van der Waals surface area (Å²) in [4.78, 5) is 22.1. The number of phenols is 1. The van der Waals surface area contributed by atoms with Crippen LogP contribution >= 0.6 is 0 Å². The van der Waals surface area contributed by atoms with E-state index in [1.807, 2.05) is 18.2 Å². The number of benzene rings is 2. The van der Waals surface area contributed by atoms with Crippen molar-refractivity contribution in [3.63, 3.8) is 0 Å². The molecule has 0 aliphatic rings. The number of nitrogens with one attached hydrogen (secondary N) is 1. The summed E-state index contributed by atoms with van der Waals surface area (Å²) in [5.74, 6) is 0.272. The molecule has 0 fully saturated rings. The van der Waals surface area contributed by atoms with Gasteiger partial charge in [-0.1, -0.05) is 32.0 Å². The summed E-state index contributed by atoms with van der Waals surface area (Å²) >= 11 is 0. The molecule has 0 aliphatic heterocycles. The summed E-state index contributed by atoms with van der Waals surface area (Å²) in [5.41, 5.74) is 3.22. The average molecular weight is 371 g/mol. The number of non-ortho nitro benzene ring substituents is 1. The topological polar surface area (TPSA) is 114 Å². The summed E-state index contributed by atoms with van der Waals surface area (Å²) in [5, 5.41) is 24.1. The van der Waals surface area contributed by atoms with E-state index < -0.39 is 10.8 Å². The number of nitro benzene ring substituents is 1. The van der Waals surface area contributed by atoms with Gasteiger partial charge in [-0.15, -0.1) is 0 Å². The first-order valence-electron chi connectivity index (χ1n) is 8.43. The monoisotopic (exact) mass is 371 g/mol. The van der Waals surface area contributed by atoms with Crippen LogP contribution in [0.15, 0.2) is 47.6 Å². The molecule has 1 unspecified atom stereocenters. The molecule has 27 heavy (non-hydrogen) atoms. The number of ether oxygens (including phenoxy) is 1. The third-order valence-corrected chi connectivity index (χ3v) is 4.04. The molecule has 0 spiro atoms. The minimum atomic E-state index is -0.585. The molecule has 8 heteroatoms. The van der Waals surface area contributed by atoms with Gasteiger partial charge >= 0.3 is 0 Å². The SMILES string of the molecule is CCC(C)c1ccccc1OCC(=O)NN=Cc1cc([N+](=O)[O-])ccc1O. The van der Waals surface area contributed by atoms with E-state index >= 15 is 0 Å². The van der Waals surface area contributed by atoms with Gasteiger partial charge in [0.05, 0.1) is 11.1 Å². The first-order valence-corrected chi connectivity index (χ1v) is 8.43. The van der Waals surface area contributed by atoms with E-state index in [1.165, 1.54) is 12.1 Å². The number of rotatable bonds is 8. The smallest absolute Gasteiger partial charge is 0.277 e. The Balaban J connectivity index is 1.95. The summed E-state index contributed by atoms with van der Waals surface area (Å²) in [6.45, 7) is 3.93. The number of carbonyl (C=O) groups is 1. The summed E-state index contributed by atoms with van der Waals surface area (Å²) in [6.07, 6.45) is 2.08. The molecule has 0 saturated heterocycles. The second-order valence-corrected chi connectivity index (χ2v) is 5.93. The van der Waals surface area contributed by atoms with Gasteiger partial charge in [-0.25, -0.2) is 5.43 Å². The van der Waals surface area contributed by atoms with Crippen LogP contribution in [0.4, 0.5) is 5.69 Å². The van der Waals surface area contributed by atoms with E-state index in [2.05, 4.69) is 24.4 Å². The Morgan fingerprint density at radius 2 is 2.11 bits per heavy atom. The summed E-state index contributed by atoms with van der Waals surface area (Å²) < 4.78 is 5.57. The van der Waals surface area contributed by atoms with Crippen molar-refractivity contribution in [3.8, 4) is 11.5 Å². The number of hydrazone groups is 1. The molecule has 8 nitrogen and oxygen atoms in total. The molecule has 1 amide bonds. The standard InChI is InChI=1S/C19H21N3O5/c1-3-13(2)16-6-4-5-7-18(16)27-12-19(24)21-20-11-14-10-15(22(25)26)8-9-17(14)23/h4-11,13,23H,3,12H2,1-2H3,(H,21,24). The van der Waals surface area contributed by atoms with E-state index in [0.717, 1.165) is 24.3 Å². The Morgan fingerprint density at radius 3 is 2.81 bits per heavy atom. The molecule has 0 aromatic heterocycles. The Labute approximate surface area is 156 Å². The van der Waals surface area contributed by atoms with Crippen LogP contribution < -0.4 is 10.2 Å². The highest BCUT2D eigenvalue weighted by Crippen LogP contribution is 2.28. The lowest BCUT2D eigenvalue weighted by molar-refractivity contribution is -0.384. The second-order valence-electron chi connectivity index (χ2n) is 5.93. The maximum atomic E-state index is 11.9. The minimum absolute atomic E-state index is 0.118. The van der Waals surface area contributed by atoms with Crippen LogP contribution in [0.3, 0.4) is 0 Å². The summed E-state index contributed by atoms with van der Waals surface area (Å²) in [6, 6.07) is 11.0. The highest BCUT2D eigenvalue weighted by Gasteiger charge is 2.11. The zero-order valence-electron chi connectivity index (χ0n) is 15.1. The zero-order valence-corrected chi connectivity index (χ0v) is 15.1. The predicted molar refractivity (Wildman–Crippen MR) is 101 cm³/mol. The third-order valence-electron chi connectivity index (χ3n) is 4.04. The first-order chi connectivity index (χ1) is 12.9. The number of carbonyl (C=O) groups excluding carboxylic acids is 1. The molecule has 0 radical (unpaired) electrons. The van der Waals surface area contributed by atoms with Crippen molar-refractivity contribution in [3.05, 3.63) is 63.7 Å². The molecule has 0 heterocycles. The van der Waals surface area contributed by atoms with Gasteiger partial charge in [0.15, 0.2) is 6.61 Å². The molecule has 1 atom stereocenters. The van der Waals surface area contributed by atoms with Gasteiger partial charge in [-0.3, -0.25) is 14.9 Å². The maximum absolute atomic E-state index is 11.9. The number of amides is 1. The number of nitrogens with zero attached hydrogens (tertiary/aromatic N) is 2. The van der Waals surface area contributed by atoms with Crippen LogP contribution in [-0.2, 0) is 4.79 Å². The predicted octanol–water partition coefficient (Wildman–Crippen LogP) is 3.34. The molecular weight excluding hydrogens is 350 g/mol. The average Bonchev–Trinajstić information content (AvgIpc) is 2.67. The molecule has 142 valence electrons. The quantitative estimate of drug-likeness (QED) is 0.420. The number of phenolic OH excluding ortho intramolecular Hbond substituents is 1. The van der Waals surface area contributed by atoms with Crippen molar-refractivity contribution in [2.24, 2.45) is 5.10 Å². The molecule has 2 aromatic carbocycles. The van der Waals surface area contributed by atoms with Gasteiger partial charge in [0, 0.05) is 17.7 Å². The largest absolute Gasteiger partial charge is 0.507 e. The van der Waals surface area contributed by atoms with Gasteiger partial charge < -0.3 is 9.84 Å². The van der Waals surface area contributed by atoms with Gasteiger partial charge in [0.25, 0.3) is 11.6 Å². The molecule has 2 N–H and O–H groups in total. The fourth-order valence-electron chi connectivity index (χ4n) is 2.35. The van der Waals surface area contributed by atoms with Crippen molar-refractivity contribution in [2.45, 2.75) is 26.2 Å². The zero-order chi connectivity index (χ0) is 19.8. The molecular formula is C19H21N3O5. The van der Waals surface area contributed by atoms with Crippen molar-refractivity contribution < 1.29 is 19.6 Å². The highest BCUT2D eigenvalue weighted by atomic mass is 16.6. The molecule has 0 saturated carbocycles. The Kier molecular flexibility index (Phi) is 6.87. The molecule has 0 bridgehead atoms. The minimum Gasteiger partial charge on any atom is -0.507 e. The first kappa shape index (κ1) is 19.9. The van der Waals surface area contributed by atoms with E-state index in [4.69, 9.17) is 4.74 Å². The van der Waals surface area contributed by atoms with E-state index in [9.17, 15) is 20.0 Å². The lowest BCUT2D eigenvalue weighted by Crippen LogP contribution is -2.25. The van der Waals surface area contributed by atoms with Crippen molar-refractivity contribution in [1.82, 2.24) is 5.43 Å². The summed E-state index contributed by atoms with van der Waals surface area (Å²) in [7, 11) is 0. The van der Waals surface area contributed by atoms with Crippen LogP contribution in [0, 0.1) is 10.1 Å². The fraction of sp³-hybridized carbons (Fsp3) is 0.263. The van der Waals surface area contributed by atoms with E-state index in [1.54, 1.807) is 6.07 Å².